The summed E-state index contributed by atoms with van der Waals surface area (Å²) in [6.07, 6.45) is 0.972. The van der Waals surface area contributed by atoms with Crippen molar-refractivity contribution in [2.75, 3.05) is 17.2 Å². The first-order valence-electron chi connectivity index (χ1n) is 7.05. The molecular weight excluding hydrogens is 284 g/mol. The van der Waals surface area contributed by atoms with Crippen molar-refractivity contribution >= 4 is 23.4 Å². The van der Waals surface area contributed by atoms with Crippen LogP contribution in [0.2, 0.25) is 0 Å². The summed E-state index contributed by atoms with van der Waals surface area (Å²) in [4.78, 5) is 20.1. The SMILES string of the molecule is Cc1ccc2c(c1)SCCCN2C(=O)c1nc(C)oc1C. The Labute approximate surface area is 128 Å². The molecule has 2 heterocycles. The van der Waals surface area contributed by atoms with Crippen LogP contribution in [0.4, 0.5) is 5.69 Å². The van der Waals surface area contributed by atoms with Gasteiger partial charge >= 0.3 is 0 Å². The Kier molecular flexibility index (Phi) is 3.76. The van der Waals surface area contributed by atoms with Crippen LogP contribution in [-0.2, 0) is 0 Å². The second-order valence-electron chi connectivity index (χ2n) is 5.27. The number of amides is 1. The predicted octanol–water partition coefficient (Wildman–Crippen LogP) is 3.74. The molecule has 1 aromatic carbocycles. The summed E-state index contributed by atoms with van der Waals surface area (Å²) in [6.45, 7) is 6.34. The molecular formula is C16H18N2O2S. The van der Waals surface area contributed by atoms with Gasteiger partial charge in [0.05, 0.1) is 5.69 Å². The highest BCUT2D eigenvalue weighted by atomic mass is 32.2. The standard InChI is InChI=1S/C16H18N2O2S/c1-10-5-6-13-14(9-10)21-8-4-7-18(13)16(19)15-11(2)20-12(3)17-15/h5-6,9H,4,7-8H2,1-3H3. The highest BCUT2D eigenvalue weighted by Gasteiger charge is 2.26. The van der Waals surface area contributed by atoms with Gasteiger partial charge in [-0.1, -0.05) is 6.07 Å². The molecule has 4 nitrogen and oxygen atoms in total. The molecule has 0 saturated carbocycles. The Morgan fingerprint density at radius 2 is 2.14 bits per heavy atom. The molecule has 0 fully saturated rings. The third-order valence-electron chi connectivity index (χ3n) is 3.54. The van der Waals surface area contributed by atoms with Crippen molar-refractivity contribution in [3.05, 3.63) is 41.1 Å². The van der Waals surface area contributed by atoms with Gasteiger partial charge in [0.25, 0.3) is 5.91 Å². The molecule has 1 aliphatic heterocycles. The third kappa shape index (κ3) is 2.70. The number of oxazole rings is 1. The van der Waals surface area contributed by atoms with Gasteiger partial charge < -0.3 is 9.32 Å². The number of carbonyl (C=O) groups is 1. The van der Waals surface area contributed by atoms with Crippen LogP contribution in [0.15, 0.2) is 27.5 Å². The maximum Gasteiger partial charge on any atom is 0.280 e. The summed E-state index contributed by atoms with van der Waals surface area (Å²) in [5, 5.41) is 0. The number of aromatic nitrogens is 1. The van der Waals surface area contributed by atoms with Gasteiger partial charge in [-0.25, -0.2) is 4.98 Å². The zero-order chi connectivity index (χ0) is 15.0. The summed E-state index contributed by atoms with van der Waals surface area (Å²) < 4.78 is 5.40. The first-order chi connectivity index (χ1) is 10.1. The number of anilines is 1. The molecule has 21 heavy (non-hydrogen) atoms. The topological polar surface area (TPSA) is 46.3 Å². The van der Waals surface area contributed by atoms with Gasteiger partial charge in [-0.05, 0) is 43.7 Å². The normalized spacial score (nSPS) is 14.7. The summed E-state index contributed by atoms with van der Waals surface area (Å²) >= 11 is 1.81. The van der Waals surface area contributed by atoms with Crippen molar-refractivity contribution in [1.82, 2.24) is 4.98 Å². The minimum Gasteiger partial charge on any atom is -0.445 e. The number of aryl methyl sites for hydroxylation is 3. The maximum atomic E-state index is 12.8. The fourth-order valence-electron chi connectivity index (χ4n) is 2.55. The smallest absolute Gasteiger partial charge is 0.280 e. The molecule has 0 bridgehead atoms. The lowest BCUT2D eigenvalue weighted by Crippen LogP contribution is -2.32. The van der Waals surface area contributed by atoms with E-state index in [2.05, 4.69) is 18.0 Å². The summed E-state index contributed by atoms with van der Waals surface area (Å²) in [5.41, 5.74) is 2.61. The van der Waals surface area contributed by atoms with E-state index in [1.165, 1.54) is 10.5 Å². The van der Waals surface area contributed by atoms with Crippen molar-refractivity contribution in [3.8, 4) is 0 Å². The number of benzene rings is 1. The highest BCUT2D eigenvalue weighted by molar-refractivity contribution is 7.99. The van der Waals surface area contributed by atoms with Crippen molar-refractivity contribution in [3.63, 3.8) is 0 Å². The number of rotatable bonds is 1. The van der Waals surface area contributed by atoms with E-state index in [0.29, 0.717) is 23.9 Å². The zero-order valence-electron chi connectivity index (χ0n) is 12.5. The minimum absolute atomic E-state index is 0.0723. The Morgan fingerprint density at radius 3 is 2.86 bits per heavy atom. The Balaban J connectivity index is 2.02. The van der Waals surface area contributed by atoms with Crippen LogP contribution in [0.25, 0.3) is 0 Å². The van der Waals surface area contributed by atoms with Gasteiger partial charge in [-0.3, -0.25) is 4.79 Å². The van der Waals surface area contributed by atoms with Crippen molar-refractivity contribution < 1.29 is 9.21 Å². The molecule has 1 aromatic heterocycles. The minimum atomic E-state index is -0.0723. The number of fused-ring (bicyclic) bond motifs is 1. The van der Waals surface area contributed by atoms with Gasteiger partial charge in [0.1, 0.15) is 5.76 Å². The summed E-state index contributed by atoms with van der Waals surface area (Å²) in [6, 6.07) is 6.22. The molecule has 0 spiro atoms. The van der Waals surface area contributed by atoms with E-state index in [9.17, 15) is 4.79 Å². The van der Waals surface area contributed by atoms with Crippen molar-refractivity contribution in [2.45, 2.75) is 32.1 Å². The van der Waals surface area contributed by atoms with Gasteiger partial charge in [0.2, 0.25) is 0 Å². The zero-order valence-corrected chi connectivity index (χ0v) is 13.3. The molecule has 1 aliphatic rings. The molecule has 0 saturated heterocycles. The van der Waals surface area contributed by atoms with Gasteiger partial charge in [0, 0.05) is 18.4 Å². The first kappa shape index (κ1) is 14.2. The molecule has 0 aliphatic carbocycles. The maximum absolute atomic E-state index is 12.8. The lowest BCUT2D eigenvalue weighted by molar-refractivity contribution is 0.0981. The van der Waals surface area contributed by atoms with Crippen LogP contribution < -0.4 is 4.90 Å². The molecule has 2 aromatic rings. The van der Waals surface area contributed by atoms with Gasteiger partial charge in [0.15, 0.2) is 11.6 Å². The molecule has 5 heteroatoms. The number of nitrogens with zero attached hydrogens (tertiary/aromatic N) is 2. The van der Waals surface area contributed by atoms with E-state index in [1.807, 2.05) is 28.8 Å². The first-order valence-corrected chi connectivity index (χ1v) is 8.04. The lowest BCUT2D eigenvalue weighted by atomic mass is 10.2. The average Bonchev–Trinajstić information content (AvgIpc) is 2.67. The highest BCUT2D eigenvalue weighted by Crippen LogP contribution is 2.35. The molecule has 0 unspecified atom stereocenters. The molecule has 3 rings (SSSR count). The fraction of sp³-hybridized carbons (Fsp3) is 0.375. The number of hydrogen-bond acceptors (Lipinski definition) is 4. The lowest BCUT2D eigenvalue weighted by Gasteiger charge is -2.22. The number of hydrogen-bond donors (Lipinski definition) is 0. The monoisotopic (exact) mass is 302 g/mol. The van der Waals surface area contributed by atoms with Crippen molar-refractivity contribution in [2.24, 2.45) is 0 Å². The Hall–Kier alpha value is -1.75. The predicted molar refractivity (Wildman–Crippen MR) is 84.2 cm³/mol. The number of thioether (sulfide) groups is 1. The number of carbonyl (C=O) groups excluding carboxylic acids is 1. The van der Waals surface area contributed by atoms with E-state index in [0.717, 1.165) is 17.9 Å². The van der Waals surface area contributed by atoms with Crippen LogP contribution >= 0.6 is 11.8 Å². The van der Waals surface area contributed by atoms with Gasteiger partial charge in [-0.15, -0.1) is 11.8 Å². The van der Waals surface area contributed by atoms with Crippen LogP contribution in [0.3, 0.4) is 0 Å². The van der Waals surface area contributed by atoms with E-state index in [4.69, 9.17) is 4.42 Å². The largest absolute Gasteiger partial charge is 0.445 e. The van der Waals surface area contributed by atoms with Crippen LogP contribution in [0.5, 0.6) is 0 Å². The van der Waals surface area contributed by atoms with Crippen LogP contribution in [0, 0.1) is 20.8 Å². The molecule has 0 atom stereocenters. The molecule has 0 radical (unpaired) electrons. The second-order valence-corrected chi connectivity index (χ2v) is 6.40. The molecule has 1 amide bonds. The second kappa shape index (κ2) is 5.56. The molecule has 0 N–H and O–H groups in total. The van der Waals surface area contributed by atoms with Crippen molar-refractivity contribution in [1.29, 1.82) is 0 Å². The van der Waals surface area contributed by atoms with E-state index in [-0.39, 0.29) is 5.91 Å². The summed E-state index contributed by atoms with van der Waals surface area (Å²) in [7, 11) is 0. The van der Waals surface area contributed by atoms with Crippen LogP contribution in [0.1, 0.15) is 34.1 Å². The third-order valence-corrected chi connectivity index (χ3v) is 4.67. The van der Waals surface area contributed by atoms with E-state index < -0.39 is 0 Å². The fourth-order valence-corrected chi connectivity index (χ4v) is 3.64. The average molecular weight is 302 g/mol. The summed E-state index contributed by atoms with van der Waals surface area (Å²) in [5.74, 6) is 2.07. The van der Waals surface area contributed by atoms with E-state index in [1.54, 1.807) is 13.8 Å². The van der Waals surface area contributed by atoms with Crippen LogP contribution in [-0.4, -0.2) is 23.2 Å². The molecule has 110 valence electrons. The quantitative estimate of drug-likeness (QED) is 0.805. The Bertz CT molecular complexity index is 694. The van der Waals surface area contributed by atoms with E-state index >= 15 is 0 Å². The van der Waals surface area contributed by atoms with Gasteiger partial charge in [-0.2, -0.15) is 0 Å². The Morgan fingerprint density at radius 1 is 1.33 bits per heavy atom.